The van der Waals surface area contributed by atoms with Gasteiger partial charge in [-0.3, -0.25) is 9.59 Å². The van der Waals surface area contributed by atoms with E-state index in [1.54, 1.807) is 18.2 Å². The Morgan fingerprint density at radius 3 is 2.42 bits per heavy atom. The number of hydrogen-bond donors (Lipinski definition) is 3. The minimum atomic E-state index is -0.617. The molecule has 0 aromatic heterocycles. The van der Waals surface area contributed by atoms with Gasteiger partial charge in [0.1, 0.15) is 0 Å². The van der Waals surface area contributed by atoms with Gasteiger partial charge in [-0.05, 0) is 43.7 Å². The van der Waals surface area contributed by atoms with E-state index >= 15 is 0 Å². The van der Waals surface area contributed by atoms with E-state index < -0.39 is 5.41 Å². The molecule has 24 heavy (non-hydrogen) atoms. The van der Waals surface area contributed by atoms with E-state index in [2.05, 4.69) is 10.6 Å². The SMILES string of the molecule is CC1(C)C(=O)Nc2cc(C(=O)Nc3c(Cl)cc(N)cc3Cl)ccc21. The van der Waals surface area contributed by atoms with Crippen LogP contribution in [0.15, 0.2) is 30.3 Å². The maximum Gasteiger partial charge on any atom is 0.255 e. The van der Waals surface area contributed by atoms with Crippen LogP contribution in [0.5, 0.6) is 0 Å². The average Bonchev–Trinajstić information content (AvgIpc) is 2.72. The van der Waals surface area contributed by atoms with Crippen molar-refractivity contribution < 1.29 is 9.59 Å². The van der Waals surface area contributed by atoms with E-state index in [1.165, 1.54) is 12.1 Å². The third-order valence-corrected chi connectivity index (χ3v) is 4.67. The van der Waals surface area contributed by atoms with Crippen molar-refractivity contribution in [1.29, 1.82) is 0 Å². The molecule has 0 saturated heterocycles. The molecule has 0 atom stereocenters. The number of nitrogens with one attached hydrogen (secondary N) is 2. The zero-order valence-electron chi connectivity index (χ0n) is 13.0. The summed E-state index contributed by atoms with van der Waals surface area (Å²) in [5, 5.41) is 5.97. The molecule has 1 aliphatic rings. The van der Waals surface area contributed by atoms with Crippen molar-refractivity contribution in [2.75, 3.05) is 16.4 Å². The van der Waals surface area contributed by atoms with Crippen LogP contribution in [0.25, 0.3) is 0 Å². The number of hydrogen-bond acceptors (Lipinski definition) is 3. The first-order chi connectivity index (χ1) is 11.2. The molecule has 124 valence electrons. The van der Waals surface area contributed by atoms with Crippen LogP contribution in [0, 0.1) is 0 Å². The maximum absolute atomic E-state index is 12.5. The first-order valence-corrected chi connectivity index (χ1v) is 7.97. The Hall–Kier alpha value is -2.24. The summed E-state index contributed by atoms with van der Waals surface area (Å²) < 4.78 is 0. The Balaban J connectivity index is 1.91. The molecule has 0 bridgehead atoms. The van der Waals surface area contributed by atoms with E-state index in [-0.39, 0.29) is 21.9 Å². The molecule has 0 fully saturated rings. The van der Waals surface area contributed by atoms with Gasteiger partial charge in [0, 0.05) is 16.9 Å². The lowest BCUT2D eigenvalue weighted by Gasteiger charge is -2.15. The fourth-order valence-electron chi connectivity index (χ4n) is 2.63. The van der Waals surface area contributed by atoms with Crippen molar-refractivity contribution in [3.8, 4) is 0 Å². The van der Waals surface area contributed by atoms with Gasteiger partial charge in [-0.15, -0.1) is 0 Å². The largest absolute Gasteiger partial charge is 0.399 e. The van der Waals surface area contributed by atoms with E-state index in [0.29, 0.717) is 22.6 Å². The van der Waals surface area contributed by atoms with E-state index in [4.69, 9.17) is 28.9 Å². The Morgan fingerprint density at radius 1 is 1.17 bits per heavy atom. The summed E-state index contributed by atoms with van der Waals surface area (Å²) in [5.41, 5.74) is 7.60. The van der Waals surface area contributed by atoms with Crippen molar-refractivity contribution in [1.82, 2.24) is 0 Å². The van der Waals surface area contributed by atoms with Crippen molar-refractivity contribution in [3.05, 3.63) is 51.5 Å². The number of rotatable bonds is 2. The van der Waals surface area contributed by atoms with Crippen molar-refractivity contribution >= 4 is 52.1 Å². The Morgan fingerprint density at radius 2 is 1.79 bits per heavy atom. The number of anilines is 3. The highest BCUT2D eigenvalue weighted by Gasteiger charge is 2.38. The predicted molar refractivity (Wildman–Crippen MR) is 96.9 cm³/mol. The molecule has 0 saturated carbocycles. The summed E-state index contributed by atoms with van der Waals surface area (Å²) in [6, 6.07) is 8.09. The molecule has 0 spiro atoms. The van der Waals surface area contributed by atoms with Crippen LogP contribution >= 0.6 is 23.2 Å². The summed E-state index contributed by atoms with van der Waals surface area (Å²) >= 11 is 12.2. The molecule has 0 aliphatic carbocycles. The third-order valence-electron chi connectivity index (χ3n) is 4.07. The number of nitrogen functional groups attached to an aromatic ring is 1. The second-order valence-corrected chi connectivity index (χ2v) is 6.97. The first-order valence-electron chi connectivity index (χ1n) is 7.22. The molecule has 5 nitrogen and oxygen atoms in total. The van der Waals surface area contributed by atoms with Gasteiger partial charge < -0.3 is 16.4 Å². The smallest absolute Gasteiger partial charge is 0.255 e. The van der Waals surface area contributed by atoms with Gasteiger partial charge >= 0.3 is 0 Å². The van der Waals surface area contributed by atoms with Crippen LogP contribution < -0.4 is 16.4 Å². The highest BCUT2D eigenvalue weighted by molar-refractivity contribution is 6.40. The zero-order chi connectivity index (χ0) is 17.6. The monoisotopic (exact) mass is 363 g/mol. The summed E-state index contributed by atoms with van der Waals surface area (Å²) in [6.45, 7) is 3.67. The van der Waals surface area contributed by atoms with Crippen LogP contribution in [0.1, 0.15) is 29.8 Å². The van der Waals surface area contributed by atoms with E-state index in [0.717, 1.165) is 5.56 Å². The number of fused-ring (bicyclic) bond motifs is 1. The summed E-state index contributed by atoms with van der Waals surface area (Å²) in [7, 11) is 0. The summed E-state index contributed by atoms with van der Waals surface area (Å²) in [5.74, 6) is -0.481. The molecule has 2 amide bonds. The molecule has 2 aromatic rings. The number of halogens is 2. The predicted octanol–water partition coefficient (Wildman–Crippen LogP) is 4.06. The lowest BCUT2D eigenvalue weighted by molar-refractivity contribution is -0.119. The number of carbonyl (C=O) groups excluding carboxylic acids is 2. The summed E-state index contributed by atoms with van der Waals surface area (Å²) in [4.78, 5) is 24.5. The first kappa shape index (κ1) is 16.6. The molecule has 0 unspecified atom stereocenters. The molecule has 1 heterocycles. The number of carbonyl (C=O) groups is 2. The fourth-order valence-corrected chi connectivity index (χ4v) is 3.23. The highest BCUT2D eigenvalue weighted by atomic mass is 35.5. The van der Waals surface area contributed by atoms with Gasteiger partial charge in [-0.25, -0.2) is 0 Å². The minimum Gasteiger partial charge on any atom is -0.399 e. The number of benzene rings is 2. The van der Waals surface area contributed by atoms with Crippen LogP contribution in [0.3, 0.4) is 0 Å². The number of amides is 2. The fraction of sp³-hybridized carbons (Fsp3) is 0.176. The lowest BCUT2D eigenvalue weighted by atomic mass is 9.86. The Bertz CT molecular complexity index is 855. The van der Waals surface area contributed by atoms with Crippen LogP contribution in [-0.2, 0) is 10.2 Å². The average molecular weight is 364 g/mol. The molecular formula is C17H15Cl2N3O2. The molecule has 2 aromatic carbocycles. The molecule has 1 aliphatic heterocycles. The van der Waals surface area contributed by atoms with Crippen molar-refractivity contribution in [2.45, 2.75) is 19.3 Å². The Labute approximate surface area is 149 Å². The Kier molecular flexibility index (Phi) is 3.94. The van der Waals surface area contributed by atoms with Gasteiger partial charge in [-0.1, -0.05) is 29.3 Å². The van der Waals surface area contributed by atoms with Crippen LogP contribution in [0.2, 0.25) is 10.0 Å². The molecular weight excluding hydrogens is 349 g/mol. The third kappa shape index (κ3) is 2.70. The summed E-state index contributed by atoms with van der Waals surface area (Å²) in [6.07, 6.45) is 0. The molecule has 3 rings (SSSR count). The quantitative estimate of drug-likeness (QED) is 0.703. The highest BCUT2D eigenvalue weighted by Crippen LogP contribution is 2.38. The van der Waals surface area contributed by atoms with Gasteiger partial charge in [-0.2, -0.15) is 0 Å². The van der Waals surface area contributed by atoms with Crippen molar-refractivity contribution in [2.24, 2.45) is 0 Å². The minimum absolute atomic E-state index is 0.0975. The van der Waals surface area contributed by atoms with Gasteiger partial charge in [0.05, 0.1) is 21.1 Å². The zero-order valence-corrected chi connectivity index (χ0v) is 14.5. The van der Waals surface area contributed by atoms with Crippen LogP contribution in [-0.4, -0.2) is 11.8 Å². The van der Waals surface area contributed by atoms with Crippen LogP contribution in [0.4, 0.5) is 17.1 Å². The van der Waals surface area contributed by atoms with Gasteiger partial charge in [0.25, 0.3) is 5.91 Å². The standard InChI is InChI=1S/C17H15Cl2N3O2/c1-17(2)10-4-3-8(5-13(10)21-16(17)24)15(23)22-14-11(18)6-9(20)7-12(14)19/h3-7H,20H2,1-2H3,(H,21,24)(H,22,23). The maximum atomic E-state index is 12.5. The normalized spacial score (nSPS) is 14.9. The molecule has 4 N–H and O–H groups in total. The molecule has 0 radical (unpaired) electrons. The van der Waals surface area contributed by atoms with Gasteiger partial charge in [0.15, 0.2) is 0 Å². The van der Waals surface area contributed by atoms with E-state index in [9.17, 15) is 9.59 Å². The number of nitrogens with two attached hydrogens (primary N) is 1. The topological polar surface area (TPSA) is 84.2 Å². The van der Waals surface area contributed by atoms with E-state index in [1.807, 2.05) is 13.8 Å². The van der Waals surface area contributed by atoms with Crippen molar-refractivity contribution in [3.63, 3.8) is 0 Å². The second kappa shape index (κ2) is 5.69. The lowest BCUT2D eigenvalue weighted by Crippen LogP contribution is -2.26. The molecule has 7 heteroatoms. The van der Waals surface area contributed by atoms with Gasteiger partial charge in [0.2, 0.25) is 5.91 Å². The second-order valence-electron chi connectivity index (χ2n) is 6.15.